The minimum atomic E-state index is -0.488. The maximum absolute atomic E-state index is 11.8. The molecule has 4 heteroatoms. The standard InChI is InChI=1S/C15H18O4/c1-4-6-10-7-8-11(16)12-9(3)13(19-14(10)12)15(17)18-5-2/h7-8,16H,4-6H2,1-3H3. The van der Waals surface area contributed by atoms with Gasteiger partial charge < -0.3 is 14.3 Å². The van der Waals surface area contributed by atoms with Gasteiger partial charge in [0, 0.05) is 5.56 Å². The third-order valence-electron chi connectivity index (χ3n) is 3.12. The van der Waals surface area contributed by atoms with Crippen molar-refractivity contribution in [1.82, 2.24) is 0 Å². The summed E-state index contributed by atoms with van der Waals surface area (Å²) in [5, 5.41) is 10.6. The van der Waals surface area contributed by atoms with E-state index >= 15 is 0 Å². The predicted molar refractivity (Wildman–Crippen MR) is 72.6 cm³/mol. The number of phenols is 1. The summed E-state index contributed by atoms with van der Waals surface area (Å²) in [7, 11) is 0. The minimum absolute atomic E-state index is 0.131. The van der Waals surface area contributed by atoms with Crippen molar-refractivity contribution < 1.29 is 19.1 Å². The molecule has 1 heterocycles. The molecule has 102 valence electrons. The number of benzene rings is 1. The van der Waals surface area contributed by atoms with E-state index in [1.54, 1.807) is 19.9 Å². The van der Waals surface area contributed by atoms with Crippen LogP contribution in [0.15, 0.2) is 16.5 Å². The number of hydrogen-bond donors (Lipinski definition) is 1. The quantitative estimate of drug-likeness (QED) is 0.855. The number of rotatable bonds is 4. The van der Waals surface area contributed by atoms with Crippen LogP contribution in [0.2, 0.25) is 0 Å². The Bertz CT molecular complexity index is 610. The Morgan fingerprint density at radius 3 is 2.74 bits per heavy atom. The zero-order valence-corrected chi connectivity index (χ0v) is 11.4. The van der Waals surface area contributed by atoms with Crippen molar-refractivity contribution >= 4 is 16.9 Å². The maximum atomic E-state index is 11.8. The molecule has 0 radical (unpaired) electrons. The van der Waals surface area contributed by atoms with E-state index < -0.39 is 5.97 Å². The van der Waals surface area contributed by atoms with E-state index in [1.165, 1.54) is 0 Å². The van der Waals surface area contributed by atoms with E-state index in [0.29, 0.717) is 23.1 Å². The zero-order valence-electron chi connectivity index (χ0n) is 11.4. The molecule has 0 fully saturated rings. The van der Waals surface area contributed by atoms with Crippen molar-refractivity contribution in [3.8, 4) is 5.75 Å². The fourth-order valence-electron chi connectivity index (χ4n) is 2.24. The van der Waals surface area contributed by atoms with Crippen molar-refractivity contribution in [2.24, 2.45) is 0 Å². The Hall–Kier alpha value is -1.97. The van der Waals surface area contributed by atoms with Crippen LogP contribution in [0.3, 0.4) is 0 Å². The molecule has 0 amide bonds. The average Bonchev–Trinajstić information content (AvgIpc) is 2.72. The summed E-state index contributed by atoms with van der Waals surface area (Å²) in [5.41, 5.74) is 2.21. The number of phenolic OH excluding ortho intramolecular Hbond substituents is 1. The number of hydrogen-bond acceptors (Lipinski definition) is 4. The number of aromatic hydroxyl groups is 1. The molecule has 1 aromatic heterocycles. The number of carbonyl (C=O) groups excluding carboxylic acids is 1. The molecule has 0 saturated heterocycles. The highest BCUT2D eigenvalue weighted by atomic mass is 16.5. The summed E-state index contributed by atoms with van der Waals surface area (Å²) in [4.78, 5) is 11.8. The van der Waals surface area contributed by atoms with Crippen LogP contribution < -0.4 is 0 Å². The number of carbonyl (C=O) groups is 1. The van der Waals surface area contributed by atoms with Gasteiger partial charge in [-0.15, -0.1) is 0 Å². The molecule has 0 spiro atoms. The van der Waals surface area contributed by atoms with Crippen LogP contribution in [-0.2, 0) is 11.2 Å². The first-order valence-corrected chi connectivity index (χ1v) is 6.51. The molecule has 1 aromatic carbocycles. The Morgan fingerprint density at radius 2 is 2.11 bits per heavy atom. The lowest BCUT2D eigenvalue weighted by Crippen LogP contribution is -2.04. The van der Waals surface area contributed by atoms with Crippen LogP contribution in [0.1, 0.15) is 41.9 Å². The smallest absolute Gasteiger partial charge is 0.374 e. The fraction of sp³-hybridized carbons (Fsp3) is 0.400. The largest absolute Gasteiger partial charge is 0.507 e. The van der Waals surface area contributed by atoms with Gasteiger partial charge in [0.2, 0.25) is 5.76 Å². The average molecular weight is 262 g/mol. The molecular weight excluding hydrogens is 244 g/mol. The van der Waals surface area contributed by atoms with Crippen molar-refractivity contribution in [2.45, 2.75) is 33.6 Å². The molecule has 0 aliphatic carbocycles. The second-order valence-electron chi connectivity index (χ2n) is 4.47. The van der Waals surface area contributed by atoms with Gasteiger partial charge in [0.1, 0.15) is 11.3 Å². The first-order chi connectivity index (χ1) is 9.10. The summed E-state index contributed by atoms with van der Waals surface area (Å²) in [6.45, 7) is 5.87. The van der Waals surface area contributed by atoms with Crippen molar-refractivity contribution in [3.05, 3.63) is 29.0 Å². The van der Waals surface area contributed by atoms with Crippen LogP contribution in [-0.4, -0.2) is 17.7 Å². The molecule has 1 N–H and O–H groups in total. The van der Waals surface area contributed by atoms with Gasteiger partial charge in [-0.25, -0.2) is 4.79 Å². The zero-order chi connectivity index (χ0) is 14.0. The van der Waals surface area contributed by atoms with Crippen LogP contribution in [0.5, 0.6) is 5.75 Å². The molecular formula is C15H18O4. The Balaban J connectivity index is 2.64. The normalized spacial score (nSPS) is 10.9. The van der Waals surface area contributed by atoms with E-state index in [1.807, 2.05) is 6.07 Å². The Kier molecular flexibility index (Phi) is 3.79. The van der Waals surface area contributed by atoms with Gasteiger partial charge in [-0.05, 0) is 31.9 Å². The number of furan rings is 1. The predicted octanol–water partition coefficient (Wildman–Crippen LogP) is 3.58. The highest BCUT2D eigenvalue weighted by molar-refractivity contribution is 5.99. The first kappa shape index (κ1) is 13.5. The SMILES string of the molecule is CCCc1ccc(O)c2c(C)c(C(=O)OCC)oc12. The third kappa shape index (κ3) is 2.30. The third-order valence-corrected chi connectivity index (χ3v) is 3.12. The first-order valence-electron chi connectivity index (χ1n) is 6.51. The summed E-state index contributed by atoms with van der Waals surface area (Å²) < 4.78 is 10.6. The van der Waals surface area contributed by atoms with Crippen LogP contribution >= 0.6 is 0 Å². The summed E-state index contributed by atoms with van der Waals surface area (Å²) in [5.74, 6) is -0.180. The molecule has 0 unspecified atom stereocenters. The lowest BCUT2D eigenvalue weighted by molar-refractivity contribution is 0.0491. The molecule has 19 heavy (non-hydrogen) atoms. The van der Waals surface area contributed by atoms with Gasteiger partial charge in [0.05, 0.1) is 12.0 Å². The van der Waals surface area contributed by atoms with E-state index in [0.717, 1.165) is 18.4 Å². The lowest BCUT2D eigenvalue weighted by atomic mass is 10.0. The number of esters is 1. The maximum Gasteiger partial charge on any atom is 0.374 e. The second-order valence-corrected chi connectivity index (χ2v) is 4.47. The molecule has 0 aliphatic rings. The highest BCUT2D eigenvalue weighted by Gasteiger charge is 2.22. The minimum Gasteiger partial charge on any atom is -0.507 e. The van der Waals surface area contributed by atoms with E-state index in [-0.39, 0.29) is 11.5 Å². The second kappa shape index (κ2) is 5.34. The molecule has 0 atom stereocenters. The monoisotopic (exact) mass is 262 g/mol. The van der Waals surface area contributed by atoms with Gasteiger partial charge >= 0.3 is 5.97 Å². The number of ether oxygens (including phenoxy) is 1. The van der Waals surface area contributed by atoms with E-state index in [2.05, 4.69) is 6.92 Å². The summed E-state index contributed by atoms with van der Waals surface area (Å²) in [6.07, 6.45) is 1.81. The van der Waals surface area contributed by atoms with Crippen LogP contribution in [0, 0.1) is 6.92 Å². The van der Waals surface area contributed by atoms with Gasteiger partial charge in [0.15, 0.2) is 0 Å². The van der Waals surface area contributed by atoms with Crippen LogP contribution in [0.4, 0.5) is 0 Å². The summed E-state index contributed by atoms with van der Waals surface area (Å²) >= 11 is 0. The number of fused-ring (bicyclic) bond motifs is 1. The lowest BCUT2D eigenvalue weighted by Gasteiger charge is -2.01. The van der Waals surface area contributed by atoms with Gasteiger partial charge in [0.25, 0.3) is 0 Å². The molecule has 2 aromatic rings. The molecule has 0 aliphatic heterocycles. The van der Waals surface area contributed by atoms with E-state index in [9.17, 15) is 9.90 Å². The highest BCUT2D eigenvalue weighted by Crippen LogP contribution is 2.35. The molecule has 0 saturated carbocycles. The van der Waals surface area contributed by atoms with Crippen molar-refractivity contribution in [3.63, 3.8) is 0 Å². The Morgan fingerprint density at radius 1 is 1.37 bits per heavy atom. The fourth-order valence-corrected chi connectivity index (χ4v) is 2.24. The molecule has 4 nitrogen and oxygen atoms in total. The van der Waals surface area contributed by atoms with E-state index in [4.69, 9.17) is 9.15 Å². The molecule has 0 bridgehead atoms. The summed E-state index contributed by atoms with van der Waals surface area (Å²) in [6, 6.07) is 3.48. The van der Waals surface area contributed by atoms with Gasteiger partial charge in [-0.2, -0.15) is 0 Å². The van der Waals surface area contributed by atoms with Crippen molar-refractivity contribution in [2.75, 3.05) is 6.61 Å². The van der Waals surface area contributed by atoms with Crippen molar-refractivity contribution in [1.29, 1.82) is 0 Å². The topological polar surface area (TPSA) is 59.7 Å². The number of aryl methyl sites for hydroxylation is 2. The Labute approximate surface area is 112 Å². The molecule has 2 rings (SSSR count). The van der Waals surface area contributed by atoms with Crippen LogP contribution in [0.25, 0.3) is 11.0 Å². The van der Waals surface area contributed by atoms with Gasteiger partial charge in [-0.1, -0.05) is 19.4 Å². The van der Waals surface area contributed by atoms with Gasteiger partial charge in [-0.3, -0.25) is 0 Å².